The Balaban J connectivity index is 1.62. The predicted molar refractivity (Wildman–Crippen MR) is 121 cm³/mol. The highest BCUT2D eigenvalue weighted by Gasteiger charge is 2.16. The molecule has 156 valence electrons. The van der Waals surface area contributed by atoms with Gasteiger partial charge in [-0.15, -0.1) is 11.3 Å². The second-order valence-corrected chi connectivity index (χ2v) is 8.04. The summed E-state index contributed by atoms with van der Waals surface area (Å²) in [6.07, 6.45) is 1.36. The molecule has 9 heteroatoms. The molecule has 4 aromatic rings. The largest absolute Gasteiger partial charge is 0.325 e. The number of hydrogen-bond donors (Lipinski definition) is 1. The number of amides is 1. The minimum absolute atomic E-state index is 0.0692. The molecule has 0 radical (unpaired) electrons. The van der Waals surface area contributed by atoms with Crippen LogP contribution in [0.5, 0.6) is 0 Å². The number of nitrogens with zero attached hydrogens (tertiary/aromatic N) is 3. The number of carbonyl (C=O) groups is 1. The van der Waals surface area contributed by atoms with Crippen molar-refractivity contribution in [3.05, 3.63) is 85.8 Å². The summed E-state index contributed by atoms with van der Waals surface area (Å²) in [5.41, 5.74) is 4.01. The van der Waals surface area contributed by atoms with Crippen molar-refractivity contribution in [2.45, 2.75) is 20.4 Å². The Labute approximate surface area is 181 Å². The third-order valence-electron chi connectivity index (χ3n) is 4.91. The van der Waals surface area contributed by atoms with Crippen LogP contribution in [0.4, 0.5) is 11.4 Å². The van der Waals surface area contributed by atoms with E-state index in [1.165, 1.54) is 46.5 Å². The molecule has 2 aromatic heterocycles. The van der Waals surface area contributed by atoms with E-state index in [4.69, 9.17) is 0 Å². The van der Waals surface area contributed by atoms with Crippen molar-refractivity contribution in [3.63, 3.8) is 0 Å². The van der Waals surface area contributed by atoms with E-state index >= 15 is 0 Å². The number of nitrogens with one attached hydrogen (secondary N) is 1. The Hall–Kier alpha value is -3.85. The fourth-order valence-electron chi connectivity index (χ4n) is 3.42. The fourth-order valence-corrected chi connectivity index (χ4v) is 4.31. The molecule has 1 amide bonds. The first-order valence-corrected chi connectivity index (χ1v) is 10.3. The molecule has 0 saturated carbocycles. The molecule has 2 heterocycles. The molecule has 8 nitrogen and oxygen atoms in total. The molecule has 2 aromatic carbocycles. The van der Waals surface area contributed by atoms with Crippen molar-refractivity contribution >= 4 is 38.8 Å². The number of aryl methyl sites for hydroxylation is 2. The second kappa shape index (κ2) is 8.11. The van der Waals surface area contributed by atoms with Gasteiger partial charge in [0.15, 0.2) is 0 Å². The second-order valence-electron chi connectivity index (χ2n) is 7.18. The Morgan fingerprint density at radius 3 is 2.58 bits per heavy atom. The molecule has 4 rings (SSSR count). The number of carbonyl (C=O) groups excluding carboxylic acids is 1. The van der Waals surface area contributed by atoms with Crippen LogP contribution in [-0.2, 0) is 11.3 Å². The highest BCUT2D eigenvalue weighted by molar-refractivity contribution is 7.17. The quantitative estimate of drug-likeness (QED) is 0.372. The van der Waals surface area contributed by atoms with Crippen LogP contribution in [0, 0.1) is 24.0 Å². The standard InChI is InChI=1S/C22H18N4O4S/c1-13-3-8-17(14(2)9-13)18-11-31-21-20(18)22(28)25(12-23-21)10-19(27)24-15-4-6-16(7-5-15)26(29)30/h3-9,11-12H,10H2,1-2H3,(H,24,27). The molecule has 0 spiro atoms. The minimum Gasteiger partial charge on any atom is -0.325 e. The Morgan fingerprint density at radius 1 is 1.16 bits per heavy atom. The molecule has 0 atom stereocenters. The van der Waals surface area contributed by atoms with Gasteiger partial charge in [-0.25, -0.2) is 4.98 Å². The normalized spacial score (nSPS) is 10.9. The molecular formula is C22H18N4O4S. The smallest absolute Gasteiger partial charge is 0.269 e. The number of nitro groups is 1. The number of hydrogen-bond acceptors (Lipinski definition) is 6. The lowest BCUT2D eigenvalue weighted by Crippen LogP contribution is -2.27. The summed E-state index contributed by atoms with van der Waals surface area (Å²) in [6, 6.07) is 11.5. The lowest BCUT2D eigenvalue weighted by Gasteiger charge is -2.09. The van der Waals surface area contributed by atoms with Gasteiger partial charge in [0, 0.05) is 28.8 Å². The summed E-state index contributed by atoms with van der Waals surface area (Å²) in [7, 11) is 0. The Morgan fingerprint density at radius 2 is 1.90 bits per heavy atom. The van der Waals surface area contributed by atoms with E-state index in [1.54, 1.807) is 0 Å². The van der Waals surface area contributed by atoms with Crippen LogP contribution in [0.15, 0.2) is 59.0 Å². The van der Waals surface area contributed by atoms with E-state index in [0.717, 1.165) is 22.3 Å². The maximum Gasteiger partial charge on any atom is 0.269 e. The van der Waals surface area contributed by atoms with Gasteiger partial charge in [0.1, 0.15) is 11.4 Å². The zero-order valence-corrected chi connectivity index (χ0v) is 17.6. The van der Waals surface area contributed by atoms with Crippen molar-refractivity contribution < 1.29 is 9.72 Å². The van der Waals surface area contributed by atoms with E-state index in [1.807, 2.05) is 31.4 Å². The number of aromatic nitrogens is 2. The van der Waals surface area contributed by atoms with Crippen molar-refractivity contribution in [1.82, 2.24) is 9.55 Å². The van der Waals surface area contributed by atoms with E-state index in [0.29, 0.717) is 15.9 Å². The maximum atomic E-state index is 13.1. The maximum absolute atomic E-state index is 13.1. The van der Waals surface area contributed by atoms with E-state index in [-0.39, 0.29) is 17.8 Å². The first-order valence-electron chi connectivity index (χ1n) is 9.42. The highest BCUT2D eigenvalue weighted by atomic mass is 32.1. The van der Waals surface area contributed by atoms with Crippen LogP contribution >= 0.6 is 11.3 Å². The summed E-state index contributed by atoms with van der Waals surface area (Å²) in [6.45, 7) is 3.79. The topological polar surface area (TPSA) is 107 Å². The summed E-state index contributed by atoms with van der Waals surface area (Å²) in [4.78, 5) is 40.8. The monoisotopic (exact) mass is 434 g/mol. The van der Waals surface area contributed by atoms with Crippen molar-refractivity contribution in [1.29, 1.82) is 0 Å². The third-order valence-corrected chi connectivity index (χ3v) is 5.79. The van der Waals surface area contributed by atoms with Crippen molar-refractivity contribution in [2.24, 2.45) is 0 Å². The zero-order chi connectivity index (χ0) is 22.1. The van der Waals surface area contributed by atoms with Crippen LogP contribution in [0.3, 0.4) is 0 Å². The average molecular weight is 434 g/mol. The molecule has 0 aliphatic rings. The minimum atomic E-state index is -0.514. The predicted octanol–water partition coefficient (Wildman–Crippen LogP) is 4.29. The molecule has 0 bridgehead atoms. The molecular weight excluding hydrogens is 416 g/mol. The van der Waals surface area contributed by atoms with Gasteiger partial charge in [-0.2, -0.15) is 0 Å². The van der Waals surface area contributed by atoms with Crippen LogP contribution < -0.4 is 10.9 Å². The van der Waals surface area contributed by atoms with E-state index in [2.05, 4.69) is 16.4 Å². The molecule has 31 heavy (non-hydrogen) atoms. The number of fused-ring (bicyclic) bond motifs is 1. The number of benzene rings is 2. The molecule has 0 unspecified atom stereocenters. The Bertz CT molecular complexity index is 1370. The van der Waals surface area contributed by atoms with Gasteiger partial charge in [0.05, 0.1) is 16.6 Å². The zero-order valence-electron chi connectivity index (χ0n) is 16.8. The van der Waals surface area contributed by atoms with Gasteiger partial charge < -0.3 is 5.32 Å². The van der Waals surface area contributed by atoms with Gasteiger partial charge in [-0.1, -0.05) is 23.8 Å². The van der Waals surface area contributed by atoms with Crippen molar-refractivity contribution in [3.8, 4) is 11.1 Å². The van der Waals surface area contributed by atoms with E-state index < -0.39 is 10.8 Å². The molecule has 0 saturated heterocycles. The lowest BCUT2D eigenvalue weighted by atomic mass is 9.99. The number of anilines is 1. The lowest BCUT2D eigenvalue weighted by molar-refractivity contribution is -0.384. The van der Waals surface area contributed by atoms with Gasteiger partial charge >= 0.3 is 0 Å². The summed E-state index contributed by atoms with van der Waals surface area (Å²) in [5.74, 6) is -0.430. The summed E-state index contributed by atoms with van der Waals surface area (Å²) in [5, 5.41) is 15.8. The van der Waals surface area contributed by atoms with Gasteiger partial charge in [0.2, 0.25) is 5.91 Å². The number of non-ortho nitro benzene ring substituents is 1. The molecule has 1 N–H and O–H groups in total. The SMILES string of the molecule is Cc1ccc(-c2csc3ncn(CC(=O)Nc4ccc([N+](=O)[O-])cc4)c(=O)c23)c(C)c1. The van der Waals surface area contributed by atoms with E-state index in [9.17, 15) is 19.7 Å². The van der Waals surface area contributed by atoms with Gasteiger partial charge in [-0.05, 0) is 37.1 Å². The Kier molecular flexibility index (Phi) is 5.35. The summed E-state index contributed by atoms with van der Waals surface area (Å²) < 4.78 is 1.27. The van der Waals surface area contributed by atoms with Crippen LogP contribution in [0.25, 0.3) is 21.3 Å². The third kappa shape index (κ3) is 4.08. The van der Waals surface area contributed by atoms with Crippen molar-refractivity contribution in [2.75, 3.05) is 5.32 Å². The van der Waals surface area contributed by atoms with Crippen LogP contribution in [0.1, 0.15) is 11.1 Å². The highest BCUT2D eigenvalue weighted by Crippen LogP contribution is 2.33. The van der Waals surface area contributed by atoms with Gasteiger partial charge in [-0.3, -0.25) is 24.3 Å². The first-order chi connectivity index (χ1) is 14.8. The summed E-state index contributed by atoms with van der Waals surface area (Å²) >= 11 is 1.39. The number of rotatable bonds is 5. The molecule has 0 fully saturated rings. The molecule has 0 aliphatic heterocycles. The number of nitro benzene ring substituents is 1. The first kappa shape index (κ1) is 20.4. The number of thiophene rings is 1. The fraction of sp³-hybridized carbons (Fsp3) is 0.136. The van der Waals surface area contributed by atoms with Gasteiger partial charge in [0.25, 0.3) is 11.2 Å². The van der Waals surface area contributed by atoms with Crippen LogP contribution in [0.2, 0.25) is 0 Å². The van der Waals surface area contributed by atoms with Crippen LogP contribution in [-0.4, -0.2) is 20.4 Å². The average Bonchev–Trinajstić information content (AvgIpc) is 3.15. The molecule has 0 aliphatic carbocycles.